The van der Waals surface area contributed by atoms with Crippen LogP contribution in [0.1, 0.15) is 52.5 Å². The summed E-state index contributed by atoms with van der Waals surface area (Å²) in [5.41, 5.74) is 0.769. The number of allylic oxidation sites excluding steroid dienone is 2. The number of nitrogens with one attached hydrogen (secondary N) is 1. The molecule has 0 saturated heterocycles. The van der Waals surface area contributed by atoms with Crippen molar-refractivity contribution in [3.8, 4) is 0 Å². The topological polar surface area (TPSA) is 134 Å². The molecule has 1 aromatic carbocycles. The lowest BCUT2D eigenvalue weighted by Crippen LogP contribution is -2.33. The molecular formula is C23H28N2O8. The number of ether oxygens (including phenoxy) is 3. The second-order valence-electron chi connectivity index (χ2n) is 7.60. The molecule has 178 valence electrons. The standard InChI is InChI=1S/C23H28N2O8/c1-6-31-18(26)11-12-32-22(27)19-14(4)24-15(5)20(23(28)33-13(2)3)21(19)16-9-7-8-10-17(16)25(29)30/h7-10,13,21,24H,6,11-12H2,1-5H3. The van der Waals surface area contributed by atoms with Gasteiger partial charge in [0, 0.05) is 23.0 Å². The molecule has 1 N–H and O–H groups in total. The number of nitrogens with zero attached hydrogens (tertiary/aromatic N) is 1. The first-order valence-electron chi connectivity index (χ1n) is 10.5. The molecule has 0 bridgehead atoms. The maximum atomic E-state index is 13.1. The number of carbonyl (C=O) groups excluding carboxylic acids is 3. The van der Waals surface area contributed by atoms with Crippen LogP contribution in [-0.2, 0) is 28.6 Å². The highest BCUT2D eigenvalue weighted by atomic mass is 16.6. The number of nitro groups is 1. The Kier molecular flexibility index (Phi) is 8.72. The number of hydrogen-bond donors (Lipinski definition) is 1. The van der Waals surface area contributed by atoms with Gasteiger partial charge in [-0.05, 0) is 34.6 Å². The smallest absolute Gasteiger partial charge is 0.337 e. The molecule has 0 aromatic heterocycles. The van der Waals surface area contributed by atoms with Crippen LogP contribution in [0.15, 0.2) is 46.8 Å². The third-order valence-electron chi connectivity index (χ3n) is 4.83. The van der Waals surface area contributed by atoms with Gasteiger partial charge >= 0.3 is 17.9 Å². The second kappa shape index (κ2) is 11.3. The zero-order chi connectivity index (χ0) is 24.7. The fraction of sp³-hybridized carbons (Fsp3) is 0.435. The van der Waals surface area contributed by atoms with E-state index in [0.717, 1.165) is 0 Å². The van der Waals surface area contributed by atoms with Crippen LogP contribution in [0.2, 0.25) is 0 Å². The molecule has 0 aliphatic carbocycles. The van der Waals surface area contributed by atoms with Crippen molar-refractivity contribution >= 4 is 23.6 Å². The Morgan fingerprint density at radius 2 is 1.67 bits per heavy atom. The summed E-state index contributed by atoms with van der Waals surface area (Å²) in [5.74, 6) is -3.14. The van der Waals surface area contributed by atoms with Crippen LogP contribution in [0.4, 0.5) is 5.69 Å². The maximum absolute atomic E-state index is 13.1. The fourth-order valence-electron chi connectivity index (χ4n) is 3.56. The minimum Gasteiger partial charge on any atom is -0.466 e. The SMILES string of the molecule is CCOC(=O)CCOC(=O)C1=C(C)NC(C)=C(C(=O)OC(C)C)C1c1ccccc1[N+](=O)[O-]. The van der Waals surface area contributed by atoms with E-state index in [1.54, 1.807) is 40.7 Å². The lowest BCUT2D eigenvalue weighted by Gasteiger charge is -2.30. The molecule has 1 unspecified atom stereocenters. The second-order valence-corrected chi connectivity index (χ2v) is 7.60. The highest BCUT2D eigenvalue weighted by Gasteiger charge is 2.41. The van der Waals surface area contributed by atoms with E-state index in [4.69, 9.17) is 14.2 Å². The van der Waals surface area contributed by atoms with Gasteiger partial charge in [0.15, 0.2) is 0 Å². The van der Waals surface area contributed by atoms with Crippen molar-refractivity contribution in [2.75, 3.05) is 13.2 Å². The first-order chi connectivity index (χ1) is 15.6. The molecule has 10 nitrogen and oxygen atoms in total. The lowest BCUT2D eigenvalue weighted by atomic mass is 9.79. The maximum Gasteiger partial charge on any atom is 0.337 e. The highest BCUT2D eigenvalue weighted by molar-refractivity contribution is 6.00. The number of nitro benzene ring substituents is 1. The average molecular weight is 460 g/mol. The molecule has 0 saturated carbocycles. The van der Waals surface area contributed by atoms with Crippen LogP contribution in [0.25, 0.3) is 0 Å². The zero-order valence-electron chi connectivity index (χ0n) is 19.3. The molecule has 1 atom stereocenters. The van der Waals surface area contributed by atoms with E-state index < -0.39 is 34.9 Å². The normalized spacial score (nSPS) is 15.8. The van der Waals surface area contributed by atoms with Crippen molar-refractivity contribution in [2.45, 2.75) is 53.1 Å². The Balaban J connectivity index is 2.54. The molecular weight excluding hydrogens is 432 g/mol. The van der Waals surface area contributed by atoms with Crippen molar-refractivity contribution in [1.82, 2.24) is 5.32 Å². The van der Waals surface area contributed by atoms with Crippen LogP contribution < -0.4 is 5.32 Å². The van der Waals surface area contributed by atoms with E-state index in [-0.39, 0.29) is 42.0 Å². The third kappa shape index (κ3) is 6.18. The quantitative estimate of drug-likeness (QED) is 0.255. The van der Waals surface area contributed by atoms with E-state index in [2.05, 4.69) is 5.32 Å². The van der Waals surface area contributed by atoms with Crippen molar-refractivity contribution in [3.63, 3.8) is 0 Å². The molecule has 0 spiro atoms. The van der Waals surface area contributed by atoms with Crippen LogP contribution >= 0.6 is 0 Å². The summed E-state index contributed by atoms with van der Waals surface area (Å²) in [7, 11) is 0. The minimum absolute atomic E-state index is 0.0227. The van der Waals surface area contributed by atoms with Gasteiger partial charge in [-0.3, -0.25) is 14.9 Å². The molecule has 33 heavy (non-hydrogen) atoms. The Hall–Kier alpha value is -3.69. The number of para-hydroxylation sites is 1. The predicted molar refractivity (Wildman–Crippen MR) is 118 cm³/mol. The summed E-state index contributed by atoms with van der Waals surface area (Å²) >= 11 is 0. The summed E-state index contributed by atoms with van der Waals surface area (Å²) in [6, 6.07) is 5.88. The molecule has 1 aliphatic rings. The van der Waals surface area contributed by atoms with Crippen LogP contribution in [0.5, 0.6) is 0 Å². The zero-order valence-corrected chi connectivity index (χ0v) is 19.3. The van der Waals surface area contributed by atoms with Gasteiger partial charge in [0.2, 0.25) is 0 Å². The van der Waals surface area contributed by atoms with Crippen molar-refractivity contribution in [3.05, 3.63) is 62.5 Å². The number of carbonyl (C=O) groups is 3. The molecule has 2 rings (SSSR count). The molecule has 1 aromatic rings. The number of esters is 3. The van der Waals surface area contributed by atoms with Gasteiger partial charge < -0.3 is 19.5 Å². The Morgan fingerprint density at radius 3 is 2.24 bits per heavy atom. The first kappa shape index (κ1) is 25.6. The largest absolute Gasteiger partial charge is 0.466 e. The van der Waals surface area contributed by atoms with E-state index in [9.17, 15) is 24.5 Å². The number of rotatable bonds is 9. The first-order valence-corrected chi connectivity index (χ1v) is 10.5. The summed E-state index contributed by atoms with van der Waals surface area (Å²) in [6.45, 7) is 8.21. The van der Waals surface area contributed by atoms with Crippen molar-refractivity contribution in [1.29, 1.82) is 0 Å². The molecule has 0 amide bonds. The fourth-order valence-corrected chi connectivity index (χ4v) is 3.56. The minimum atomic E-state index is -1.10. The van der Waals surface area contributed by atoms with Crippen molar-refractivity contribution in [2.24, 2.45) is 0 Å². The van der Waals surface area contributed by atoms with Crippen molar-refractivity contribution < 1.29 is 33.5 Å². The summed E-state index contributed by atoms with van der Waals surface area (Å²) in [6.07, 6.45) is -0.594. The average Bonchev–Trinajstić information content (AvgIpc) is 2.72. The van der Waals surface area contributed by atoms with Gasteiger partial charge in [-0.15, -0.1) is 0 Å². The molecule has 0 fully saturated rings. The Morgan fingerprint density at radius 1 is 1.06 bits per heavy atom. The van der Waals surface area contributed by atoms with E-state index >= 15 is 0 Å². The highest BCUT2D eigenvalue weighted by Crippen LogP contribution is 2.42. The van der Waals surface area contributed by atoms with Crippen LogP contribution in [-0.4, -0.2) is 42.1 Å². The summed E-state index contributed by atoms with van der Waals surface area (Å²) < 4.78 is 15.5. The number of dihydropyridines is 1. The molecule has 10 heteroatoms. The molecule has 1 heterocycles. The lowest BCUT2D eigenvalue weighted by molar-refractivity contribution is -0.385. The van der Waals surface area contributed by atoms with E-state index in [0.29, 0.717) is 11.4 Å². The van der Waals surface area contributed by atoms with E-state index in [1.807, 2.05) is 0 Å². The monoisotopic (exact) mass is 460 g/mol. The van der Waals surface area contributed by atoms with Gasteiger partial charge in [-0.2, -0.15) is 0 Å². The van der Waals surface area contributed by atoms with Gasteiger partial charge in [0.25, 0.3) is 5.69 Å². The Bertz CT molecular complexity index is 1010. The summed E-state index contributed by atoms with van der Waals surface area (Å²) in [5, 5.41) is 14.7. The number of benzene rings is 1. The van der Waals surface area contributed by atoms with Crippen LogP contribution in [0, 0.1) is 10.1 Å². The Labute approximate surface area is 191 Å². The van der Waals surface area contributed by atoms with Gasteiger partial charge in [0.1, 0.15) is 6.61 Å². The number of hydrogen-bond acceptors (Lipinski definition) is 9. The third-order valence-corrected chi connectivity index (χ3v) is 4.83. The van der Waals surface area contributed by atoms with Gasteiger partial charge in [-0.25, -0.2) is 9.59 Å². The van der Waals surface area contributed by atoms with E-state index in [1.165, 1.54) is 18.2 Å². The predicted octanol–water partition coefficient (Wildman–Crippen LogP) is 3.28. The molecule has 0 radical (unpaired) electrons. The van der Waals surface area contributed by atoms with Gasteiger partial charge in [-0.1, -0.05) is 18.2 Å². The van der Waals surface area contributed by atoms with Crippen LogP contribution in [0.3, 0.4) is 0 Å². The molecule has 1 aliphatic heterocycles. The summed E-state index contributed by atoms with van der Waals surface area (Å²) in [4.78, 5) is 48.8. The van der Waals surface area contributed by atoms with Gasteiger partial charge in [0.05, 0.1) is 41.1 Å².